The van der Waals surface area contributed by atoms with Crippen molar-refractivity contribution < 1.29 is 23.4 Å². The molecule has 1 aromatic heterocycles. The number of hydrogen-bond donors (Lipinski definition) is 2. The number of amides is 1. The van der Waals surface area contributed by atoms with Gasteiger partial charge in [0.15, 0.2) is 16.9 Å². The van der Waals surface area contributed by atoms with E-state index < -0.39 is 5.82 Å². The highest BCUT2D eigenvalue weighted by Gasteiger charge is 2.15. The van der Waals surface area contributed by atoms with Crippen LogP contribution in [-0.2, 0) is 24.2 Å². The number of fused-ring (bicyclic) bond motifs is 2. The van der Waals surface area contributed by atoms with E-state index in [2.05, 4.69) is 22.2 Å². The van der Waals surface area contributed by atoms with Crippen LogP contribution in [0.15, 0.2) is 77.6 Å². The van der Waals surface area contributed by atoms with Crippen LogP contribution >= 0.6 is 0 Å². The van der Waals surface area contributed by atoms with Gasteiger partial charge in [-0.15, -0.1) is 0 Å². The number of anilines is 1. The fourth-order valence-electron chi connectivity index (χ4n) is 5.48. The number of hydrogen-bond acceptors (Lipinski definition) is 6. The van der Waals surface area contributed by atoms with Gasteiger partial charge in [0.25, 0.3) is 0 Å². The number of carbonyl (C=O) groups is 1. The van der Waals surface area contributed by atoms with Crippen molar-refractivity contribution in [3.63, 3.8) is 0 Å². The van der Waals surface area contributed by atoms with Gasteiger partial charge >= 0.3 is 0 Å². The second kappa shape index (κ2) is 13.6. The Morgan fingerprint density at radius 2 is 1.52 bits per heavy atom. The van der Waals surface area contributed by atoms with E-state index in [9.17, 15) is 14.0 Å². The van der Waals surface area contributed by atoms with E-state index in [-0.39, 0.29) is 28.7 Å². The number of nitrogens with zero attached hydrogens (tertiary/aromatic N) is 1. The normalized spacial score (nSPS) is 11.2. The summed E-state index contributed by atoms with van der Waals surface area (Å²) in [6, 6.07) is 21.3. The number of para-hydroxylation sites is 2. The molecule has 0 bridgehead atoms. The number of benzene rings is 4. The van der Waals surface area contributed by atoms with Crippen LogP contribution in [0.2, 0.25) is 0 Å². The number of aryl methyl sites for hydroxylation is 1. The van der Waals surface area contributed by atoms with Gasteiger partial charge in [0, 0.05) is 17.3 Å². The summed E-state index contributed by atoms with van der Waals surface area (Å²) in [5.41, 5.74) is 3.68. The molecular weight excluding hydrogens is 561 g/mol. The molecule has 8 nitrogen and oxygen atoms in total. The van der Waals surface area contributed by atoms with E-state index in [1.807, 2.05) is 36.4 Å². The zero-order chi connectivity index (χ0) is 31.2. The maximum Gasteiger partial charge on any atom is 0.228 e. The molecule has 0 spiro atoms. The summed E-state index contributed by atoms with van der Waals surface area (Å²) in [6.45, 7) is 1.67. The van der Waals surface area contributed by atoms with Gasteiger partial charge in [-0.1, -0.05) is 30.3 Å². The van der Waals surface area contributed by atoms with E-state index in [4.69, 9.17) is 14.2 Å². The van der Waals surface area contributed by atoms with Gasteiger partial charge in [0.1, 0.15) is 11.6 Å². The number of methoxy groups -OCH3 is 3. The average molecular weight is 598 g/mol. The number of nitrogens with one attached hydrogen (secondary N) is 2. The topological polar surface area (TPSA) is 92.9 Å². The van der Waals surface area contributed by atoms with Crippen LogP contribution in [-0.4, -0.2) is 50.7 Å². The molecule has 0 aliphatic heterocycles. The molecule has 5 aromatic rings. The van der Waals surface area contributed by atoms with E-state index in [0.717, 1.165) is 37.1 Å². The van der Waals surface area contributed by atoms with Crippen LogP contribution in [0.25, 0.3) is 21.8 Å². The van der Waals surface area contributed by atoms with Gasteiger partial charge in [-0.25, -0.2) is 4.39 Å². The highest BCUT2D eigenvalue weighted by atomic mass is 19.1. The summed E-state index contributed by atoms with van der Waals surface area (Å²) in [7, 11) is 6.91. The molecule has 1 amide bonds. The molecule has 44 heavy (non-hydrogen) atoms. The number of H-pyrrole nitrogens is 1. The Bertz CT molecular complexity index is 1870. The van der Waals surface area contributed by atoms with Gasteiger partial charge in [0.05, 0.1) is 44.5 Å². The summed E-state index contributed by atoms with van der Waals surface area (Å²) >= 11 is 0. The number of aromatic amines is 1. The molecule has 0 aliphatic rings. The molecule has 0 fully saturated rings. The monoisotopic (exact) mass is 597 g/mol. The summed E-state index contributed by atoms with van der Waals surface area (Å²) in [6.07, 6.45) is 1.77. The molecule has 2 N–H and O–H groups in total. The number of ether oxygens (including phenoxy) is 3. The minimum absolute atomic E-state index is 0.00938. The highest BCUT2D eigenvalue weighted by molar-refractivity contribution is 5.98. The van der Waals surface area contributed by atoms with Gasteiger partial charge in [0.2, 0.25) is 5.91 Å². The van der Waals surface area contributed by atoms with Gasteiger partial charge in [-0.05, 0) is 85.6 Å². The molecule has 0 atom stereocenters. The Balaban J connectivity index is 1.21. The first-order valence-electron chi connectivity index (χ1n) is 14.4. The summed E-state index contributed by atoms with van der Waals surface area (Å²) in [5.74, 6) is 1.19. The Labute approximate surface area is 255 Å². The van der Waals surface area contributed by atoms with Crippen LogP contribution in [0.5, 0.6) is 17.2 Å². The lowest BCUT2D eigenvalue weighted by Crippen LogP contribution is -2.19. The minimum atomic E-state index is -0.518. The average Bonchev–Trinajstić information content (AvgIpc) is 3.02. The summed E-state index contributed by atoms with van der Waals surface area (Å²) < 4.78 is 30.8. The molecule has 5 rings (SSSR count). The lowest BCUT2D eigenvalue weighted by atomic mass is 10.0. The van der Waals surface area contributed by atoms with Gasteiger partial charge in [-0.3, -0.25) is 9.59 Å². The van der Waals surface area contributed by atoms with Crippen LogP contribution < -0.4 is 25.0 Å². The number of halogens is 1. The first-order chi connectivity index (χ1) is 21.3. The smallest absolute Gasteiger partial charge is 0.228 e. The maximum absolute atomic E-state index is 14.5. The predicted octanol–water partition coefficient (Wildman–Crippen LogP) is 6.09. The zero-order valence-electron chi connectivity index (χ0n) is 25.3. The minimum Gasteiger partial charge on any atom is -0.495 e. The fourth-order valence-corrected chi connectivity index (χ4v) is 5.48. The van der Waals surface area contributed by atoms with E-state index in [1.165, 1.54) is 12.1 Å². The number of carbonyl (C=O) groups excluding carboxylic acids is 1. The van der Waals surface area contributed by atoms with Crippen molar-refractivity contribution in [2.24, 2.45) is 0 Å². The lowest BCUT2D eigenvalue weighted by molar-refractivity contribution is -0.115. The molecule has 0 aliphatic carbocycles. The van der Waals surface area contributed by atoms with Crippen molar-refractivity contribution in [2.45, 2.75) is 25.8 Å². The first kappa shape index (κ1) is 30.6. The van der Waals surface area contributed by atoms with Crippen molar-refractivity contribution in [2.75, 3.05) is 40.2 Å². The second-order valence-corrected chi connectivity index (χ2v) is 10.7. The Morgan fingerprint density at radius 3 is 2.27 bits per heavy atom. The van der Waals surface area contributed by atoms with Crippen molar-refractivity contribution in [1.82, 2.24) is 9.88 Å². The molecular formula is C35H36FN3O5. The molecule has 0 saturated carbocycles. The zero-order valence-corrected chi connectivity index (χ0v) is 25.3. The largest absolute Gasteiger partial charge is 0.495 e. The fraction of sp³-hybridized carbons (Fsp3) is 0.257. The highest BCUT2D eigenvalue weighted by Crippen LogP contribution is 2.29. The van der Waals surface area contributed by atoms with Crippen molar-refractivity contribution >= 4 is 33.4 Å². The molecule has 0 unspecified atom stereocenters. The van der Waals surface area contributed by atoms with Crippen LogP contribution in [0.1, 0.15) is 23.1 Å². The standard InChI is InChI=1S/C35H36FN3O5/c1-39(21-23-14-16-29(42-2)31(19-23)44-4)17-7-8-22-13-15-28(30(18-22)43-3)37-32(40)20-24-9-5-10-25-33(24)38-34-26(35(25)41)11-6-12-27(34)36/h5-6,9-16,18-19H,7-8,17,20-21H2,1-4H3,(H,37,40)(H,38,41). The van der Waals surface area contributed by atoms with Crippen LogP contribution in [0.4, 0.5) is 10.1 Å². The Kier molecular flexibility index (Phi) is 9.45. The molecule has 0 radical (unpaired) electrons. The van der Waals surface area contributed by atoms with Crippen LogP contribution in [0, 0.1) is 5.82 Å². The Morgan fingerprint density at radius 1 is 0.841 bits per heavy atom. The van der Waals surface area contributed by atoms with Gasteiger partial charge < -0.3 is 29.4 Å². The van der Waals surface area contributed by atoms with Crippen molar-refractivity contribution in [3.8, 4) is 17.2 Å². The van der Waals surface area contributed by atoms with E-state index >= 15 is 0 Å². The van der Waals surface area contributed by atoms with E-state index in [0.29, 0.717) is 39.4 Å². The number of aromatic nitrogens is 1. The molecule has 9 heteroatoms. The molecule has 1 heterocycles. The molecule has 4 aromatic carbocycles. The third kappa shape index (κ3) is 6.68. The predicted molar refractivity (Wildman–Crippen MR) is 172 cm³/mol. The summed E-state index contributed by atoms with van der Waals surface area (Å²) in [5, 5.41) is 3.61. The maximum atomic E-state index is 14.5. The third-order valence-corrected chi connectivity index (χ3v) is 7.70. The first-order valence-corrected chi connectivity index (χ1v) is 14.4. The van der Waals surface area contributed by atoms with Crippen LogP contribution in [0.3, 0.4) is 0 Å². The SMILES string of the molecule is COc1cc(CCCN(C)Cc2ccc(OC)c(OC)c2)ccc1NC(=O)Cc1cccc2c(=O)c3cccc(F)c3[nH]c12. The third-order valence-electron chi connectivity index (χ3n) is 7.70. The van der Waals surface area contributed by atoms with Crippen molar-refractivity contribution in [1.29, 1.82) is 0 Å². The number of rotatable bonds is 12. The summed E-state index contributed by atoms with van der Waals surface area (Å²) in [4.78, 5) is 31.4. The second-order valence-electron chi connectivity index (χ2n) is 10.7. The number of pyridine rings is 1. The molecule has 0 saturated heterocycles. The van der Waals surface area contributed by atoms with Gasteiger partial charge in [-0.2, -0.15) is 0 Å². The van der Waals surface area contributed by atoms with Crippen molar-refractivity contribution in [3.05, 3.63) is 106 Å². The quantitative estimate of drug-likeness (QED) is 0.169. The Hall–Kier alpha value is -4.89. The van der Waals surface area contributed by atoms with E-state index in [1.54, 1.807) is 45.6 Å². The lowest BCUT2D eigenvalue weighted by Gasteiger charge is -2.18. The molecule has 228 valence electrons.